The van der Waals surface area contributed by atoms with E-state index in [1.165, 1.54) is 0 Å². The van der Waals surface area contributed by atoms with Crippen molar-refractivity contribution in [1.82, 2.24) is 10.2 Å². The Morgan fingerprint density at radius 2 is 1.70 bits per heavy atom. The molecule has 2 amide bonds. The third-order valence-corrected chi connectivity index (χ3v) is 5.64. The van der Waals surface area contributed by atoms with Crippen LogP contribution in [0.25, 0.3) is 0 Å². The first kappa shape index (κ1) is 20.0. The van der Waals surface area contributed by atoms with E-state index in [-0.39, 0.29) is 17.7 Å². The van der Waals surface area contributed by atoms with Gasteiger partial charge in [-0.3, -0.25) is 9.59 Å². The zero-order valence-corrected chi connectivity index (χ0v) is 16.8. The predicted molar refractivity (Wildman–Crippen MR) is 108 cm³/mol. The highest BCUT2D eigenvalue weighted by atomic mass is 35.5. The molecule has 1 saturated heterocycles. The van der Waals surface area contributed by atoms with Gasteiger partial charge in [-0.1, -0.05) is 53.0 Å². The van der Waals surface area contributed by atoms with Gasteiger partial charge in [-0.25, -0.2) is 0 Å². The van der Waals surface area contributed by atoms with E-state index in [1.807, 2.05) is 18.2 Å². The Kier molecular flexibility index (Phi) is 6.64. The van der Waals surface area contributed by atoms with Gasteiger partial charge in [0.2, 0.25) is 5.91 Å². The number of halogens is 3. The quantitative estimate of drug-likeness (QED) is 0.764. The highest BCUT2D eigenvalue weighted by molar-refractivity contribution is 6.36. The molecule has 7 heteroatoms. The maximum atomic E-state index is 12.6. The lowest BCUT2D eigenvalue weighted by Gasteiger charge is -2.31. The van der Waals surface area contributed by atoms with Crippen LogP contribution in [0.15, 0.2) is 42.5 Å². The number of carbonyl (C=O) groups is 2. The fraction of sp³-hybridized carbons (Fsp3) is 0.300. The Hall–Kier alpha value is -1.75. The molecule has 0 saturated carbocycles. The van der Waals surface area contributed by atoms with Crippen molar-refractivity contribution in [1.29, 1.82) is 0 Å². The van der Waals surface area contributed by atoms with Gasteiger partial charge >= 0.3 is 0 Å². The molecule has 0 atom stereocenters. The van der Waals surface area contributed by atoms with Crippen molar-refractivity contribution in [2.24, 2.45) is 5.92 Å². The first-order valence-electron chi connectivity index (χ1n) is 8.71. The number of carbonyl (C=O) groups excluding carboxylic acids is 2. The number of nitrogens with one attached hydrogen (secondary N) is 1. The smallest absolute Gasteiger partial charge is 0.255 e. The van der Waals surface area contributed by atoms with Crippen LogP contribution < -0.4 is 5.32 Å². The van der Waals surface area contributed by atoms with E-state index < -0.39 is 0 Å². The van der Waals surface area contributed by atoms with Crippen LogP contribution >= 0.6 is 34.8 Å². The topological polar surface area (TPSA) is 49.4 Å². The molecule has 1 fully saturated rings. The standard InChI is InChI=1S/C20H19Cl3N2O2/c21-15-5-6-16(18(23)11-15)20(27)25-9-7-13(8-10-25)19(26)24-12-14-3-1-2-4-17(14)22/h1-6,11,13H,7-10,12H2,(H,24,26). The predicted octanol–water partition coefficient (Wildman–Crippen LogP) is 4.82. The number of benzene rings is 2. The van der Waals surface area contributed by atoms with E-state index in [2.05, 4.69) is 5.32 Å². The van der Waals surface area contributed by atoms with Gasteiger partial charge in [0, 0.05) is 35.6 Å². The molecule has 1 aliphatic rings. The molecule has 2 aromatic rings. The van der Waals surface area contributed by atoms with E-state index in [0.717, 1.165) is 5.56 Å². The summed E-state index contributed by atoms with van der Waals surface area (Å²) in [4.78, 5) is 26.8. The van der Waals surface area contributed by atoms with Gasteiger partial charge in [0.25, 0.3) is 5.91 Å². The second kappa shape index (κ2) is 8.96. The minimum atomic E-state index is -0.133. The second-order valence-electron chi connectivity index (χ2n) is 6.50. The summed E-state index contributed by atoms with van der Waals surface area (Å²) in [5.41, 5.74) is 1.32. The zero-order valence-electron chi connectivity index (χ0n) is 14.6. The average molecular weight is 426 g/mol. The lowest BCUT2D eigenvalue weighted by Crippen LogP contribution is -2.43. The molecular formula is C20H19Cl3N2O2. The van der Waals surface area contributed by atoms with Gasteiger partial charge in [0.1, 0.15) is 0 Å². The van der Waals surface area contributed by atoms with Crippen molar-refractivity contribution in [2.75, 3.05) is 13.1 Å². The molecule has 2 aromatic carbocycles. The lowest BCUT2D eigenvalue weighted by molar-refractivity contribution is -0.126. The van der Waals surface area contributed by atoms with E-state index in [1.54, 1.807) is 29.2 Å². The molecule has 4 nitrogen and oxygen atoms in total. The van der Waals surface area contributed by atoms with Crippen molar-refractivity contribution in [3.8, 4) is 0 Å². The lowest BCUT2D eigenvalue weighted by atomic mass is 9.95. The summed E-state index contributed by atoms with van der Waals surface area (Å²) in [5, 5.41) is 4.41. The maximum Gasteiger partial charge on any atom is 0.255 e. The summed E-state index contributed by atoms with van der Waals surface area (Å²) in [6, 6.07) is 12.3. The molecule has 27 heavy (non-hydrogen) atoms. The largest absolute Gasteiger partial charge is 0.352 e. The minimum absolute atomic E-state index is 0.00783. The summed E-state index contributed by atoms with van der Waals surface area (Å²) < 4.78 is 0. The van der Waals surface area contributed by atoms with E-state index in [9.17, 15) is 9.59 Å². The minimum Gasteiger partial charge on any atom is -0.352 e. The number of hydrogen-bond acceptors (Lipinski definition) is 2. The summed E-state index contributed by atoms with van der Waals surface area (Å²) in [6.07, 6.45) is 1.23. The Bertz CT molecular complexity index is 849. The van der Waals surface area contributed by atoms with Crippen LogP contribution in [-0.2, 0) is 11.3 Å². The van der Waals surface area contributed by atoms with Crippen molar-refractivity contribution >= 4 is 46.6 Å². The monoisotopic (exact) mass is 424 g/mol. The number of rotatable bonds is 4. The van der Waals surface area contributed by atoms with Crippen LogP contribution in [0.2, 0.25) is 15.1 Å². The number of likely N-dealkylation sites (tertiary alicyclic amines) is 1. The number of hydrogen-bond donors (Lipinski definition) is 1. The molecule has 0 aromatic heterocycles. The Balaban J connectivity index is 1.53. The van der Waals surface area contributed by atoms with Crippen LogP contribution in [0.4, 0.5) is 0 Å². The van der Waals surface area contributed by atoms with Gasteiger partial charge in [-0.15, -0.1) is 0 Å². The number of piperidine rings is 1. The van der Waals surface area contributed by atoms with Gasteiger partial charge in [0.15, 0.2) is 0 Å². The first-order valence-corrected chi connectivity index (χ1v) is 9.84. The third kappa shape index (κ3) is 4.95. The summed E-state index contributed by atoms with van der Waals surface area (Å²) >= 11 is 18.1. The van der Waals surface area contributed by atoms with Gasteiger partial charge in [-0.2, -0.15) is 0 Å². The van der Waals surface area contributed by atoms with E-state index >= 15 is 0 Å². The highest BCUT2D eigenvalue weighted by Crippen LogP contribution is 2.25. The van der Waals surface area contributed by atoms with Gasteiger partial charge in [-0.05, 0) is 42.7 Å². The normalized spacial score (nSPS) is 14.9. The number of nitrogens with zero attached hydrogens (tertiary/aromatic N) is 1. The molecular weight excluding hydrogens is 407 g/mol. The van der Waals surface area contributed by atoms with Crippen LogP contribution in [0.5, 0.6) is 0 Å². The fourth-order valence-electron chi connectivity index (χ4n) is 3.15. The summed E-state index contributed by atoms with van der Waals surface area (Å²) in [6.45, 7) is 1.43. The molecule has 1 N–H and O–H groups in total. The molecule has 3 rings (SSSR count). The molecule has 0 radical (unpaired) electrons. The highest BCUT2D eigenvalue weighted by Gasteiger charge is 2.28. The van der Waals surface area contributed by atoms with Crippen LogP contribution in [0, 0.1) is 5.92 Å². The van der Waals surface area contributed by atoms with Crippen molar-refractivity contribution in [3.63, 3.8) is 0 Å². The third-order valence-electron chi connectivity index (χ3n) is 4.73. The fourth-order valence-corrected chi connectivity index (χ4v) is 3.84. The van der Waals surface area contributed by atoms with E-state index in [4.69, 9.17) is 34.8 Å². The van der Waals surface area contributed by atoms with Crippen LogP contribution in [0.1, 0.15) is 28.8 Å². The maximum absolute atomic E-state index is 12.6. The van der Waals surface area contributed by atoms with Crippen LogP contribution in [0.3, 0.4) is 0 Å². The van der Waals surface area contributed by atoms with Gasteiger partial charge < -0.3 is 10.2 Å². The molecule has 0 unspecified atom stereocenters. The average Bonchev–Trinajstić information content (AvgIpc) is 2.67. The molecule has 0 bridgehead atoms. The summed E-state index contributed by atoms with van der Waals surface area (Å²) in [7, 11) is 0. The second-order valence-corrected chi connectivity index (χ2v) is 7.75. The molecule has 0 aliphatic carbocycles. The van der Waals surface area contributed by atoms with Crippen molar-refractivity contribution in [2.45, 2.75) is 19.4 Å². The van der Waals surface area contributed by atoms with Crippen molar-refractivity contribution < 1.29 is 9.59 Å². The number of amides is 2. The molecule has 0 spiro atoms. The molecule has 1 aliphatic heterocycles. The Morgan fingerprint density at radius 1 is 1.00 bits per heavy atom. The zero-order chi connectivity index (χ0) is 19.4. The molecule has 1 heterocycles. The van der Waals surface area contributed by atoms with Crippen LogP contribution in [-0.4, -0.2) is 29.8 Å². The first-order chi connectivity index (χ1) is 13.0. The van der Waals surface area contributed by atoms with Crippen molar-refractivity contribution in [3.05, 3.63) is 68.7 Å². The van der Waals surface area contributed by atoms with E-state index in [0.29, 0.717) is 53.1 Å². The Labute approximate surface area is 173 Å². The molecule has 142 valence electrons. The Morgan fingerprint density at radius 3 is 2.37 bits per heavy atom. The SMILES string of the molecule is O=C(NCc1ccccc1Cl)C1CCN(C(=O)c2ccc(Cl)cc2Cl)CC1. The van der Waals surface area contributed by atoms with Gasteiger partial charge in [0.05, 0.1) is 10.6 Å². The summed E-state index contributed by atoms with van der Waals surface area (Å²) in [5.74, 6) is -0.254.